The molecule has 3 aliphatic heterocycles. The number of rotatable bonds is 6. The van der Waals surface area contributed by atoms with Gasteiger partial charge in [-0.2, -0.15) is 0 Å². The number of hydrogen-bond acceptors (Lipinski definition) is 6. The molecular formula is C24H32N2O4. The van der Waals surface area contributed by atoms with Gasteiger partial charge in [0.2, 0.25) is 11.6 Å². The van der Waals surface area contributed by atoms with Crippen molar-refractivity contribution in [2.45, 2.75) is 77.0 Å². The fraction of sp³-hybridized carbons (Fsp3) is 0.625. The smallest absolute Gasteiger partial charge is 0.223 e. The first-order valence-electron chi connectivity index (χ1n) is 11.1. The molecule has 1 aromatic rings. The van der Waals surface area contributed by atoms with E-state index in [0.29, 0.717) is 6.42 Å². The lowest BCUT2D eigenvalue weighted by molar-refractivity contribution is -0.165. The second-order valence-corrected chi connectivity index (χ2v) is 9.41. The molecule has 0 radical (unpaired) electrons. The third kappa shape index (κ3) is 3.21. The molecule has 0 saturated carbocycles. The van der Waals surface area contributed by atoms with Gasteiger partial charge in [0, 0.05) is 23.1 Å². The zero-order chi connectivity index (χ0) is 21.6. The van der Waals surface area contributed by atoms with Crippen molar-refractivity contribution in [1.29, 1.82) is 0 Å². The van der Waals surface area contributed by atoms with Gasteiger partial charge in [0.15, 0.2) is 5.78 Å². The van der Waals surface area contributed by atoms with E-state index in [1.165, 1.54) is 11.1 Å². The summed E-state index contributed by atoms with van der Waals surface area (Å²) in [6.45, 7) is 6.29. The fourth-order valence-corrected chi connectivity index (χ4v) is 5.32. The van der Waals surface area contributed by atoms with Crippen LogP contribution >= 0.6 is 0 Å². The van der Waals surface area contributed by atoms with E-state index < -0.39 is 23.0 Å². The van der Waals surface area contributed by atoms with E-state index >= 15 is 0 Å². The van der Waals surface area contributed by atoms with Crippen LogP contribution in [0.1, 0.15) is 63.6 Å². The molecule has 3 heterocycles. The van der Waals surface area contributed by atoms with Gasteiger partial charge in [-0.25, -0.2) is 0 Å². The van der Waals surface area contributed by atoms with E-state index in [1.54, 1.807) is 21.0 Å². The summed E-state index contributed by atoms with van der Waals surface area (Å²) in [6.07, 6.45) is 4.07. The summed E-state index contributed by atoms with van der Waals surface area (Å²) in [5.74, 6) is -0.147. The van der Waals surface area contributed by atoms with Crippen LogP contribution in [0.5, 0.6) is 5.75 Å². The topological polar surface area (TPSA) is 75.7 Å². The summed E-state index contributed by atoms with van der Waals surface area (Å²) in [5, 5.41) is 3.62. The molecule has 2 saturated heterocycles. The Kier molecular flexibility index (Phi) is 5.58. The van der Waals surface area contributed by atoms with Crippen LogP contribution in [0.2, 0.25) is 0 Å². The molecule has 0 aromatic heterocycles. The Morgan fingerprint density at radius 1 is 1.27 bits per heavy atom. The Balaban J connectivity index is 1.65. The molecule has 30 heavy (non-hydrogen) atoms. The summed E-state index contributed by atoms with van der Waals surface area (Å²) in [4.78, 5) is 40.9. The number of nitrogens with zero attached hydrogens (tertiary/aromatic N) is 1. The van der Waals surface area contributed by atoms with Gasteiger partial charge in [-0.15, -0.1) is 0 Å². The van der Waals surface area contributed by atoms with Gasteiger partial charge in [-0.1, -0.05) is 32.9 Å². The first kappa shape index (κ1) is 21.2. The zero-order valence-corrected chi connectivity index (χ0v) is 18.4. The molecule has 4 atom stereocenters. The molecule has 0 bridgehead atoms. The highest BCUT2D eigenvalue weighted by atomic mass is 16.5. The zero-order valence-electron chi connectivity index (χ0n) is 18.4. The van der Waals surface area contributed by atoms with Crippen molar-refractivity contribution in [1.82, 2.24) is 10.2 Å². The number of benzene rings is 1. The molecule has 2 fully saturated rings. The van der Waals surface area contributed by atoms with Crippen molar-refractivity contribution in [3.8, 4) is 5.75 Å². The van der Waals surface area contributed by atoms with Gasteiger partial charge in [-0.05, 0) is 50.3 Å². The van der Waals surface area contributed by atoms with E-state index in [0.717, 1.165) is 38.0 Å². The molecular weight excluding hydrogens is 380 g/mol. The van der Waals surface area contributed by atoms with E-state index in [4.69, 9.17) is 4.74 Å². The van der Waals surface area contributed by atoms with Crippen molar-refractivity contribution in [2.75, 3.05) is 13.7 Å². The predicted octanol–water partition coefficient (Wildman–Crippen LogP) is 2.63. The Hall–Kier alpha value is -2.05. The molecule has 3 aliphatic rings. The van der Waals surface area contributed by atoms with Crippen LogP contribution in [0, 0.1) is 5.41 Å². The van der Waals surface area contributed by atoms with Gasteiger partial charge in [0.25, 0.3) is 0 Å². The minimum absolute atomic E-state index is 0.0131. The number of ketones is 3. The Morgan fingerprint density at radius 2 is 2.03 bits per heavy atom. The lowest BCUT2D eigenvalue weighted by atomic mass is 9.72. The molecule has 162 valence electrons. The molecule has 1 aromatic carbocycles. The number of hydrogen-bond donors (Lipinski definition) is 1. The standard InChI is InChI=1S/C24H32N2O4/c1-5-24(2,3)23(29)22(28)20-21(27)17-10-7-9-16(26(17)20)19-15-8-6-11-18(30-4)14(15)12-13-25-19/h6,8,11,16-17,19-20,25H,5,7,9-10,12-13H2,1-4H3. The molecule has 1 N–H and O–H groups in total. The minimum Gasteiger partial charge on any atom is -0.496 e. The van der Waals surface area contributed by atoms with Crippen LogP contribution in [-0.4, -0.2) is 54.0 Å². The molecule has 0 spiro atoms. The van der Waals surface area contributed by atoms with Gasteiger partial charge >= 0.3 is 0 Å². The molecule has 4 unspecified atom stereocenters. The molecule has 4 rings (SSSR count). The van der Waals surface area contributed by atoms with Crippen LogP contribution < -0.4 is 10.1 Å². The van der Waals surface area contributed by atoms with Crippen LogP contribution in [0.3, 0.4) is 0 Å². The number of Topliss-reactive ketones (excluding diaryl/α,β-unsaturated/α-hetero) is 3. The minimum atomic E-state index is -0.920. The van der Waals surface area contributed by atoms with Crippen molar-refractivity contribution in [2.24, 2.45) is 5.41 Å². The molecule has 6 heteroatoms. The Morgan fingerprint density at radius 3 is 2.73 bits per heavy atom. The van der Waals surface area contributed by atoms with Gasteiger partial charge in [0.05, 0.1) is 13.2 Å². The lowest BCUT2D eigenvalue weighted by Gasteiger charge is -2.55. The third-order valence-corrected chi connectivity index (χ3v) is 7.44. The summed E-state index contributed by atoms with van der Waals surface area (Å²) >= 11 is 0. The molecule has 0 aliphatic carbocycles. The van der Waals surface area contributed by atoms with E-state index in [1.807, 2.05) is 24.0 Å². The fourth-order valence-electron chi connectivity index (χ4n) is 5.32. The van der Waals surface area contributed by atoms with Crippen molar-refractivity contribution < 1.29 is 19.1 Å². The highest BCUT2D eigenvalue weighted by molar-refractivity contribution is 6.45. The Bertz CT molecular complexity index is 878. The summed E-state index contributed by atoms with van der Waals surface area (Å²) < 4.78 is 5.57. The quantitative estimate of drug-likeness (QED) is 0.572. The lowest BCUT2D eigenvalue weighted by Crippen LogP contribution is -2.74. The number of nitrogens with one attached hydrogen (secondary N) is 1. The van der Waals surface area contributed by atoms with E-state index in [9.17, 15) is 14.4 Å². The number of ether oxygens (including phenoxy) is 1. The first-order chi connectivity index (χ1) is 14.3. The van der Waals surface area contributed by atoms with Crippen LogP contribution in [-0.2, 0) is 20.8 Å². The SMILES string of the molecule is CCC(C)(C)C(=O)C(=O)C1C(=O)C2CCCC(C3NCCc4c(OC)cccc43)N21. The van der Waals surface area contributed by atoms with E-state index in [2.05, 4.69) is 11.4 Å². The third-order valence-electron chi connectivity index (χ3n) is 7.44. The largest absolute Gasteiger partial charge is 0.496 e. The maximum Gasteiger partial charge on any atom is 0.223 e. The number of fused-ring (bicyclic) bond motifs is 2. The number of methoxy groups -OCH3 is 1. The number of piperidine rings is 1. The average Bonchev–Trinajstić information content (AvgIpc) is 2.77. The van der Waals surface area contributed by atoms with E-state index in [-0.39, 0.29) is 23.9 Å². The predicted molar refractivity (Wildman–Crippen MR) is 114 cm³/mol. The summed E-state index contributed by atoms with van der Waals surface area (Å²) in [7, 11) is 1.69. The van der Waals surface area contributed by atoms with Crippen LogP contribution in [0.25, 0.3) is 0 Å². The number of carbonyl (C=O) groups is 3. The summed E-state index contributed by atoms with van der Waals surface area (Å²) in [6, 6.07) is 4.96. The Labute approximate surface area is 178 Å². The van der Waals surface area contributed by atoms with Crippen LogP contribution in [0.15, 0.2) is 18.2 Å². The summed E-state index contributed by atoms with van der Waals surface area (Å²) in [5.41, 5.74) is 1.64. The van der Waals surface area contributed by atoms with Crippen molar-refractivity contribution in [3.63, 3.8) is 0 Å². The average molecular weight is 413 g/mol. The van der Waals surface area contributed by atoms with Crippen molar-refractivity contribution >= 4 is 17.3 Å². The maximum absolute atomic E-state index is 13.1. The van der Waals surface area contributed by atoms with Crippen LogP contribution in [0.4, 0.5) is 0 Å². The highest BCUT2D eigenvalue weighted by Crippen LogP contribution is 2.43. The van der Waals surface area contributed by atoms with Gasteiger partial charge in [0.1, 0.15) is 11.8 Å². The van der Waals surface area contributed by atoms with Gasteiger partial charge < -0.3 is 10.1 Å². The van der Waals surface area contributed by atoms with Gasteiger partial charge in [-0.3, -0.25) is 19.3 Å². The monoisotopic (exact) mass is 412 g/mol. The van der Waals surface area contributed by atoms with Crippen molar-refractivity contribution in [3.05, 3.63) is 29.3 Å². The number of carbonyl (C=O) groups excluding carboxylic acids is 3. The second-order valence-electron chi connectivity index (χ2n) is 9.41. The maximum atomic E-state index is 13.1. The normalized spacial score (nSPS) is 28.9. The highest BCUT2D eigenvalue weighted by Gasteiger charge is 2.58. The molecule has 6 nitrogen and oxygen atoms in total. The molecule has 0 amide bonds. The second kappa shape index (κ2) is 7.89. The first-order valence-corrected chi connectivity index (χ1v) is 11.1.